The molecule has 1 atom stereocenters. The molecule has 1 saturated carbocycles. The Morgan fingerprint density at radius 2 is 1.94 bits per heavy atom. The Morgan fingerprint density at radius 1 is 1.33 bits per heavy atom. The Morgan fingerprint density at radius 3 is 2.39 bits per heavy atom. The quantitative estimate of drug-likeness (QED) is 0.792. The first-order valence-corrected chi connectivity index (χ1v) is 5.65. The highest BCUT2D eigenvalue weighted by Gasteiger charge is 2.64. The molecule has 0 bridgehead atoms. The van der Waals surface area contributed by atoms with Crippen LogP contribution in [-0.4, -0.2) is 46.3 Å². The van der Waals surface area contributed by atoms with Crippen LogP contribution in [0.3, 0.4) is 0 Å². The van der Waals surface area contributed by atoms with E-state index >= 15 is 0 Å². The van der Waals surface area contributed by atoms with Gasteiger partial charge in [-0.15, -0.1) is 0 Å². The summed E-state index contributed by atoms with van der Waals surface area (Å²) in [5.74, 6) is -1.18. The third-order valence-electron chi connectivity index (χ3n) is 3.44. The molecule has 8 heteroatoms. The van der Waals surface area contributed by atoms with Crippen LogP contribution in [0.5, 0.6) is 0 Å². The lowest BCUT2D eigenvalue weighted by Crippen LogP contribution is -2.54. The molecule has 1 aliphatic carbocycles. The molecular formula is C10H13F3N2O3. The van der Waals surface area contributed by atoms with Crippen LogP contribution in [-0.2, 0) is 4.79 Å². The molecule has 1 aliphatic heterocycles. The van der Waals surface area contributed by atoms with Gasteiger partial charge in [0, 0.05) is 6.54 Å². The molecule has 5 nitrogen and oxygen atoms in total. The summed E-state index contributed by atoms with van der Waals surface area (Å²) < 4.78 is 37.9. The summed E-state index contributed by atoms with van der Waals surface area (Å²) in [5.41, 5.74) is -2.14. The van der Waals surface area contributed by atoms with Gasteiger partial charge >= 0.3 is 18.2 Å². The number of carboxylic acid groups (broad SMARTS) is 1. The molecule has 1 unspecified atom stereocenters. The van der Waals surface area contributed by atoms with E-state index in [1.54, 1.807) is 0 Å². The predicted molar refractivity (Wildman–Crippen MR) is 53.9 cm³/mol. The molecule has 1 saturated heterocycles. The molecule has 0 aromatic rings. The van der Waals surface area contributed by atoms with Gasteiger partial charge in [0.2, 0.25) is 0 Å². The van der Waals surface area contributed by atoms with E-state index in [4.69, 9.17) is 5.11 Å². The van der Waals surface area contributed by atoms with Gasteiger partial charge in [-0.2, -0.15) is 13.2 Å². The fourth-order valence-electron chi connectivity index (χ4n) is 2.15. The molecule has 2 amide bonds. The Balaban J connectivity index is 2.03. The highest BCUT2D eigenvalue weighted by atomic mass is 19.4. The largest absolute Gasteiger partial charge is 0.480 e. The number of alkyl halides is 3. The predicted octanol–water partition coefficient (Wildman–Crippen LogP) is 1.34. The minimum Gasteiger partial charge on any atom is -0.480 e. The molecule has 18 heavy (non-hydrogen) atoms. The first-order valence-electron chi connectivity index (χ1n) is 5.65. The van der Waals surface area contributed by atoms with Crippen molar-refractivity contribution in [3.05, 3.63) is 0 Å². The maximum Gasteiger partial charge on any atom is 0.411 e. The number of urea groups is 1. The Labute approximate surface area is 101 Å². The molecule has 2 rings (SSSR count). The number of hydrogen-bond acceptors (Lipinski definition) is 2. The van der Waals surface area contributed by atoms with E-state index in [2.05, 4.69) is 0 Å². The van der Waals surface area contributed by atoms with E-state index in [1.807, 2.05) is 5.32 Å². The smallest absolute Gasteiger partial charge is 0.411 e. The maximum absolute atomic E-state index is 12.6. The van der Waals surface area contributed by atoms with Crippen molar-refractivity contribution in [3.63, 3.8) is 0 Å². The van der Waals surface area contributed by atoms with Crippen LogP contribution in [0, 0.1) is 0 Å². The van der Waals surface area contributed by atoms with Crippen molar-refractivity contribution in [2.75, 3.05) is 6.54 Å². The van der Waals surface area contributed by atoms with Crippen LogP contribution in [0.25, 0.3) is 0 Å². The number of halogens is 3. The van der Waals surface area contributed by atoms with Crippen LogP contribution >= 0.6 is 0 Å². The summed E-state index contributed by atoms with van der Waals surface area (Å²) >= 11 is 0. The molecule has 0 radical (unpaired) electrons. The minimum absolute atomic E-state index is 0.145. The summed E-state index contributed by atoms with van der Waals surface area (Å²) in [5, 5.41) is 10.8. The number of carboxylic acids is 1. The van der Waals surface area contributed by atoms with Crippen LogP contribution in [0.4, 0.5) is 18.0 Å². The highest BCUT2D eigenvalue weighted by Crippen LogP contribution is 2.49. The summed E-state index contributed by atoms with van der Waals surface area (Å²) in [6.45, 7) is 0.177. The molecule has 0 aromatic carbocycles. The molecule has 2 N–H and O–H groups in total. The Hall–Kier alpha value is -1.47. The monoisotopic (exact) mass is 266 g/mol. The van der Waals surface area contributed by atoms with E-state index in [-0.39, 0.29) is 25.8 Å². The second kappa shape index (κ2) is 4.03. The Bertz CT molecular complexity index is 379. The van der Waals surface area contributed by atoms with Gasteiger partial charge in [-0.25, -0.2) is 9.59 Å². The van der Waals surface area contributed by atoms with Gasteiger partial charge in [0.05, 0.1) is 0 Å². The van der Waals surface area contributed by atoms with Gasteiger partial charge in [0.25, 0.3) is 0 Å². The number of nitrogens with zero attached hydrogens (tertiary/aromatic N) is 1. The zero-order valence-electron chi connectivity index (χ0n) is 9.46. The van der Waals surface area contributed by atoms with Gasteiger partial charge < -0.3 is 15.3 Å². The van der Waals surface area contributed by atoms with Crippen LogP contribution in [0.15, 0.2) is 0 Å². The van der Waals surface area contributed by atoms with E-state index in [0.717, 1.165) is 4.90 Å². The SMILES string of the molecule is O=C(O)C1CCCN1C(=O)NC1(C(F)(F)F)CC1. The number of rotatable bonds is 2. The van der Waals surface area contributed by atoms with Crippen molar-refractivity contribution < 1.29 is 27.9 Å². The van der Waals surface area contributed by atoms with Gasteiger partial charge in [-0.1, -0.05) is 0 Å². The van der Waals surface area contributed by atoms with E-state index in [9.17, 15) is 22.8 Å². The zero-order chi connectivity index (χ0) is 13.6. The number of aliphatic carboxylic acids is 1. The number of carbonyl (C=O) groups excluding carboxylic acids is 1. The number of likely N-dealkylation sites (tertiary alicyclic amines) is 1. The van der Waals surface area contributed by atoms with Gasteiger partial charge in [-0.05, 0) is 25.7 Å². The lowest BCUT2D eigenvalue weighted by atomic mass is 10.2. The van der Waals surface area contributed by atoms with Crippen molar-refractivity contribution in [1.82, 2.24) is 10.2 Å². The van der Waals surface area contributed by atoms with Crippen LogP contribution in [0.1, 0.15) is 25.7 Å². The van der Waals surface area contributed by atoms with Crippen molar-refractivity contribution in [1.29, 1.82) is 0 Å². The van der Waals surface area contributed by atoms with Gasteiger partial charge in [0.1, 0.15) is 11.6 Å². The molecule has 0 aromatic heterocycles. The van der Waals surface area contributed by atoms with Crippen LogP contribution < -0.4 is 5.32 Å². The lowest BCUT2D eigenvalue weighted by molar-refractivity contribution is -0.163. The first kappa shape index (κ1) is 13.0. The van der Waals surface area contributed by atoms with Crippen molar-refractivity contribution >= 4 is 12.0 Å². The number of nitrogens with one attached hydrogen (secondary N) is 1. The Kier molecular flexibility index (Phi) is 2.90. The summed E-state index contributed by atoms with van der Waals surface area (Å²) in [4.78, 5) is 23.5. The minimum atomic E-state index is -4.49. The van der Waals surface area contributed by atoms with E-state index in [0.29, 0.717) is 6.42 Å². The molecule has 2 aliphatic rings. The number of hydrogen-bond donors (Lipinski definition) is 2. The average Bonchev–Trinajstić information content (AvgIpc) is 2.87. The molecule has 0 spiro atoms. The third kappa shape index (κ3) is 2.11. The fourth-order valence-corrected chi connectivity index (χ4v) is 2.15. The van der Waals surface area contributed by atoms with E-state index in [1.165, 1.54) is 0 Å². The first-order chi connectivity index (χ1) is 8.27. The zero-order valence-corrected chi connectivity index (χ0v) is 9.46. The van der Waals surface area contributed by atoms with Gasteiger partial charge in [0.15, 0.2) is 0 Å². The maximum atomic E-state index is 12.6. The molecule has 1 heterocycles. The second-order valence-corrected chi connectivity index (χ2v) is 4.70. The number of carbonyl (C=O) groups is 2. The van der Waals surface area contributed by atoms with Crippen molar-refractivity contribution in [2.45, 2.75) is 43.4 Å². The van der Waals surface area contributed by atoms with Crippen molar-refractivity contribution in [3.8, 4) is 0 Å². The van der Waals surface area contributed by atoms with Crippen LogP contribution in [0.2, 0.25) is 0 Å². The molecule has 2 fully saturated rings. The van der Waals surface area contributed by atoms with E-state index < -0.39 is 29.8 Å². The summed E-state index contributed by atoms with van der Waals surface area (Å²) in [6, 6.07) is -1.95. The second-order valence-electron chi connectivity index (χ2n) is 4.70. The normalized spacial score (nSPS) is 25.9. The standard InChI is InChI=1S/C10H13F3N2O3/c11-10(12,13)9(3-4-9)14-8(18)15-5-1-2-6(15)7(16)17/h6H,1-5H2,(H,14,18)(H,16,17). The summed E-state index contributed by atoms with van der Waals surface area (Å²) in [7, 11) is 0. The average molecular weight is 266 g/mol. The summed E-state index contributed by atoms with van der Waals surface area (Å²) in [6.07, 6.45) is -4.01. The highest BCUT2D eigenvalue weighted by molar-refractivity contribution is 5.84. The number of amides is 2. The third-order valence-corrected chi connectivity index (χ3v) is 3.44. The topological polar surface area (TPSA) is 69.6 Å². The fraction of sp³-hybridized carbons (Fsp3) is 0.800. The lowest BCUT2D eigenvalue weighted by Gasteiger charge is -2.27. The molecular weight excluding hydrogens is 253 g/mol. The molecule has 102 valence electrons. The van der Waals surface area contributed by atoms with Crippen molar-refractivity contribution in [2.24, 2.45) is 0 Å². The van der Waals surface area contributed by atoms with Gasteiger partial charge in [-0.3, -0.25) is 0 Å².